The topological polar surface area (TPSA) is 131 Å². The highest BCUT2D eigenvalue weighted by molar-refractivity contribution is 6.31. The zero-order valence-electron chi connectivity index (χ0n) is 23.0. The first-order valence-electron chi connectivity index (χ1n) is 12.0. The van der Waals surface area contributed by atoms with Gasteiger partial charge in [-0.15, -0.1) is 0 Å². The number of benzene rings is 1. The van der Waals surface area contributed by atoms with E-state index < -0.39 is 11.5 Å². The van der Waals surface area contributed by atoms with E-state index in [0.717, 1.165) is 5.56 Å². The molecule has 1 atom stereocenters. The summed E-state index contributed by atoms with van der Waals surface area (Å²) in [5.41, 5.74) is 7.10. The number of aliphatic imine (C=N–C) groups is 1. The number of rotatable bonds is 14. The minimum Gasteiger partial charge on any atom is -0.487 e. The van der Waals surface area contributed by atoms with Gasteiger partial charge in [-0.05, 0) is 31.0 Å². The van der Waals surface area contributed by atoms with E-state index >= 15 is 0 Å². The molecule has 0 bridgehead atoms. The highest BCUT2D eigenvalue weighted by Gasteiger charge is 2.27. The van der Waals surface area contributed by atoms with Gasteiger partial charge in [-0.2, -0.15) is 5.10 Å². The van der Waals surface area contributed by atoms with Crippen molar-refractivity contribution in [1.82, 2.24) is 0 Å². The maximum absolute atomic E-state index is 12.2. The molecular weight excluding hydrogens is 448 g/mol. The minimum atomic E-state index is -0.521. The van der Waals surface area contributed by atoms with Crippen molar-refractivity contribution >= 4 is 17.7 Å². The van der Waals surface area contributed by atoms with Crippen molar-refractivity contribution in [3.63, 3.8) is 0 Å². The number of nitrogens with zero attached hydrogens (tertiary/aromatic N) is 2. The van der Waals surface area contributed by atoms with Crippen molar-refractivity contribution in [2.45, 2.75) is 54.0 Å². The third-order valence-electron chi connectivity index (χ3n) is 4.19. The first kappa shape index (κ1) is 34.8. The Labute approximate surface area is 213 Å². The molecule has 0 aliphatic carbocycles. The number of ether oxygens (including phenoxy) is 4. The van der Waals surface area contributed by atoms with E-state index in [-0.39, 0.29) is 13.8 Å². The highest BCUT2D eigenvalue weighted by atomic mass is 16.5. The number of carbonyl (C=O) groups is 1. The van der Waals surface area contributed by atoms with E-state index in [1.807, 2.05) is 65.8 Å². The Morgan fingerprint density at radius 3 is 2.17 bits per heavy atom. The summed E-state index contributed by atoms with van der Waals surface area (Å²) in [7, 11) is 3.25. The average molecular weight is 499 g/mol. The number of hydrogen-bond acceptors (Lipinski definition) is 9. The third-order valence-corrected chi connectivity index (χ3v) is 4.19. The molecule has 0 aliphatic rings. The Balaban J connectivity index is -0.00000168. The van der Waals surface area contributed by atoms with E-state index in [2.05, 4.69) is 14.8 Å². The van der Waals surface area contributed by atoms with Crippen LogP contribution in [0.5, 0.6) is 5.75 Å². The smallest absolute Gasteiger partial charge is 0.155 e. The van der Waals surface area contributed by atoms with Crippen LogP contribution in [0.2, 0.25) is 0 Å². The maximum atomic E-state index is 12.2. The molecule has 0 amide bonds. The Kier molecular flexibility index (Phi) is 22.0. The molecule has 0 saturated heterocycles. The van der Waals surface area contributed by atoms with Gasteiger partial charge in [0, 0.05) is 33.9 Å². The van der Waals surface area contributed by atoms with E-state index in [0.29, 0.717) is 50.9 Å². The minimum absolute atomic E-state index is 0. The molecule has 4 N–H and O–H groups in total. The second-order valence-electron chi connectivity index (χ2n) is 8.23. The fourth-order valence-electron chi connectivity index (χ4n) is 2.54. The van der Waals surface area contributed by atoms with Gasteiger partial charge in [0.1, 0.15) is 18.1 Å². The number of ketones is 1. The van der Waals surface area contributed by atoms with Gasteiger partial charge in [0.15, 0.2) is 5.78 Å². The fraction of sp³-hybridized carbons (Fsp3) is 0.654. The molecule has 204 valence electrons. The van der Waals surface area contributed by atoms with Crippen molar-refractivity contribution in [3.05, 3.63) is 29.8 Å². The summed E-state index contributed by atoms with van der Waals surface area (Å²) in [5, 5.41) is 3.69. The molecular formula is C26H50N4O5. The molecule has 0 heterocycles. The Morgan fingerprint density at radius 1 is 1.09 bits per heavy atom. The first-order valence-corrected chi connectivity index (χ1v) is 12.0. The van der Waals surface area contributed by atoms with Crippen LogP contribution < -0.4 is 16.3 Å². The third kappa shape index (κ3) is 18.6. The molecule has 0 aromatic heterocycles. The Hall–Kier alpha value is -2.33. The molecule has 1 aromatic carbocycles. The van der Waals surface area contributed by atoms with Crippen LogP contribution in [-0.2, 0) is 25.4 Å². The Bertz CT molecular complexity index is 707. The van der Waals surface area contributed by atoms with Gasteiger partial charge in [-0.3, -0.25) is 9.79 Å². The summed E-state index contributed by atoms with van der Waals surface area (Å²) in [6, 6.07) is 6.95. The van der Waals surface area contributed by atoms with Gasteiger partial charge in [0.2, 0.25) is 0 Å². The van der Waals surface area contributed by atoms with Gasteiger partial charge in [0.25, 0.3) is 0 Å². The number of hydrogen-bond donors (Lipinski definition) is 2. The van der Waals surface area contributed by atoms with Crippen molar-refractivity contribution in [2.24, 2.45) is 27.1 Å². The second-order valence-corrected chi connectivity index (χ2v) is 8.23. The van der Waals surface area contributed by atoms with Crippen molar-refractivity contribution < 1.29 is 25.2 Å². The predicted octanol–water partition coefficient (Wildman–Crippen LogP) is 3.52. The van der Waals surface area contributed by atoms with Crippen LogP contribution in [0.15, 0.2) is 34.4 Å². The maximum Gasteiger partial charge on any atom is 0.155 e. The summed E-state index contributed by atoms with van der Waals surface area (Å²) in [6.07, 6.45) is 2.07. The quantitative estimate of drug-likeness (QED) is 0.174. The molecule has 0 aliphatic heterocycles. The predicted molar refractivity (Wildman–Crippen MR) is 147 cm³/mol. The molecule has 35 heavy (non-hydrogen) atoms. The molecule has 1 aromatic rings. The van der Waals surface area contributed by atoms with Crippen LogP contribution in [-0.4, -0.2) is 77.6 Å². The highest BCUT2D eigenvalue weighted by Crippen LogP contribution is 2.19. The van der Waals surface area contributed by atoms with Crippen LogP contribution in [0.1, 0.15) is 48.5 Å². The molecule has 0 fully saturated rings. The number of nitrogens with two attached hydrogens (primary N) is 2. The number of carbonyl (C=O) groups excluding carboxylic acids is 1. The van der Waals surface area contributed by atoms with Gasteiger partial charge in [-0.1, -0.05) is 46.8 Å². The van der Waals surface area contributed by atoms with E-state index in [1.165, 1.54) is 0 Å². The van der Waals surface area contributed by atoms with Crippen LogP contribution in [0, 0.1) is 5.41 Å². The number of Topliss-reactive ketones (excluding diaryl/α,β-unsaturated/α-hetero) is 1. The van der Waals surface area contributed by atoms with Gasteiger partial charge in [0.05, 0.1) is 32.4 Å². The van der Waals surface area contributed by atoms with E-state index in [4.69, 9.17) is 25.8 Å². The summed E-state index contributed by atoms with van der Waals surface area (Å²) >= 11 is 0. The van der Waals surface area contributed by atoms with Crippen LogP contribution in [0.4, 0.5) is 0 Å². The number of methoxy groups -OCH3 is 1. The number of hydrazone groups is 1. The van der Waals surface area contributed by atoms with Gasteiger partial charge >= 0.3 is 0 Å². The molecule has 0 spiro atoms. The van der Waals surface area contributed by atoms with E-state index in [9.17, 15) is 4.79 Å². The Morgan fingerprint density at radius 2 is 1.66 bits per heavy atom. The van der Waals surface area contributed by atoms with Crippen LogP contribution >= 0.6 is 0 Å². The fourth-order valence-corrected chi connectivity index (χ4v) is 2.54. The SMILES string of the molecule is CC.CCOCCOCCN=C/C(COc1ccc(CC(N)C(=O)C(C)(C)C)cc1)=N\N.COC.[HH]. The summed E-state index contributed by atoms with van der Waals surface area (Å²) in [5.74, 6) is 6.11. The van der Waals surface area contributed by atoms with Crippen LogP contribution in [0.25, 0.3) is 0 Å². The standard InChI is InChI=1S/C22H36N4O4.C2H6O.C2H6.H2/c1-5-28-12-13-29-11-10-25-15-18(26-24)16-30-19-8-6-17(7-9-19)14-20(23)21(27)22(2,3)4;1-3-2;1-2;/h6-9,15,20H,5,10-14,16,23-24H2,1-4H3;1-2H3;1-2H3;1H/b25-15?,26-18+;;;. The van der Waals surface area contributed by atoms with E-state index in [1.54, 1.807) is 20.4 Å². The lowest BCUT2D eigenvalue weighted by Crippen LogP contribution is -2.40. The first-order chi connectivity index (χ1) is 16.7. The van der Waals surface area contributed by atoms with Gasteiger partial charge < -0.3 is 30.5 Å². The molecule has 9 nitrogen and oxygen atoms in total. The second kappa shape index (κ2) is 22.2. The van der Waals surface area contributed by atoms with Crippen molar-refractivity contribution in [1.29, 1.82) is 0 Å². The average Bonchev–Trinajstić information content (AvgIpc) is 2.84. The molecule has 1 unspecified atom stereocenters. The summed E-state index contributed by atoms with van der Waals surface area (Å²) in [6.45, 7) is 14.6. The lowest BCUT2D eigenvalue weighted by Gasteiger charge is -2.21. The molecule has 1 rings (SSSR count). The molecule has 0 saturated carbocycles. The summed E-state index contributed by atoms with van der Waals surface area (Å²) < 4.78 is 20.5. The van der Waals surface area contributed by atoms with Gasteiger partial charge in [-0.25, -0.2) is 0 Å². The lowest BCUT2D eigenvalue weighted by molar-refractivity contribution is -0.127. The zero-order chi connectivity index (χ0) is 27.1. The van der Waals surface area contributed by atoms with Crippen molar-refractivity contribution in [2.75, 3.05) is 53.8 Å². The zero-order valence-corrected chi connectivity index (χ0v) is 23.0. The monoisotopic (exact) mass is 498 g/mol. The lowest BCUT2D eigenvalue weighted by atomic mass is 9.85. The molecule has 0 radical (unpaired) electrons. The van der Waals surface area contributed by atoms with Crippen LogP contribution in [0.3, 0.4) is 0 Å². The largest absolute Gasteiger partial charge is 0.487 e. The molecule has 9 heteroatoms. The van der Waals surface area contributed by atoms with Crippen molar-refractivity contribution in [3.8, 4) is 5.75 Å². The summed E-state index contributed by atoms with van der Waals surface area (Å²) in [4.78, 5) is 16.5. The normalized spacial score (nSPS) is 12.3.